The number of amides is 1. The van der Waals surface area contributed by atoms with Gasteiger partial charge in [0.15, 0.2) is 0 Å². The van der Waals surface area contributed by atoms with Crippen molar-refractivity contribution in [3.05, 3.63) is 29.1 Å². The number of carbonyl (C=O) groups excluding carboxylic acids is 1. The maximum absolute atomic E-state index is 14.1. The summed E-state index contributed by atoms with van der Waals surface area (Å²) >= 11 is 0. The number of nitrogens with zero attached hydrogens (tertiary/aromatic N) is 3. The summed E-state index contributed by atoms with van der Waals surface area (Å²) < 4.78 is 29.6. The highest BCUT2D eigenvalue weighted by Crippen LogP contribution is 2.38. The third-order valence-corrected chi connectivity index (χ3v) is 3.45. The van der Waals surface area contributed by atoms with Gasteiger partial charge < -0.3 is 4.90 Å². The van der Waals surface area contributed by atoms with Gasteiger partial charge in [0.25, 0.3) is 5.92 Å². The lowest BCUT2D eigenvalue weighted by Gasteiger charge is -2.24. The van der Waals surface area contributed by atoms with Crippen molar-refractivity contribution in [1.29, 1.82) is 0 Å². The number of halogens is 2. The van der Waals surface area contributed by atoms with Gasteiger partial charge in [-0.2, -0.15) is 13.9 Å². The van der Waals surface area contributed by atoms with Crippen molar-refractivity contribution >= 4 is 6.41 Å². The van der Waals surface area contributed by atoms with E-state index in [1.807, 2.05) is 0 Å². The van der Waals surface area contributed by atoms with Crippen LogP contribution in [0.4, 0.5) is 8.78 Å². The van der Waals surface area contributed by atoms with E-state index in [0.717, 1.165) is 0 Å². The second kappa shape index (κ2) is 3.90. The molecule has 4 nitrogen and oxygen atoms in total. The fourth-order valence-corrected chi connectivity index (χ4v) is 2.58. The summed E-state index contributed by atoms with van der Waals surface area (Å²) in [5.41, 5.74) is 1.22. The fourth-order valence-electron chi connectivity index (χ4n) is 2.58. The SMILES string of the molecule is O=CN1CCc2nn3c(c2C1)C(F)(F)CC=CC3. The first-order chi connectivity index (χ1) is 8.62. The van der Waals surface area contributed by atoms with Gasteiger partial charge in [0.05, 0.1) is 12.2 Å². The van der Waals surface area contributed by atoms with Gasteiger partial charge in [0.2, 0.25) is 6.41 Å². The van der Waals surface area contributed by atoms with Crippen molar-refractivity contribution in [1.82, 2.24) is 14.7 Å². The topological polar surface area (TPSA) is 38.1 Å². The lowest BCUT2D eigenvalue weighted by Crippen LogP contribution is -2.30. The van der Waals surface area contributed by atoms with E-state index in [9.17, 15) is 13.6 Å². The number of hydrogen-bond donors (Lipinski definition) is 0. The molecule has 2 aliphatic heterocycles. The average Bonchev–Trinajstić information content (AvgIpc) is 2.65. The molecule has 3 rings (SSSR count). The molecule has 0 N–H and O–H groups in total. The van der Waals surface area contributed by atoms with Gasteiger partial charge in [-0.05, 0) is 0 Å². The standard InChI is InChI=1S/C12H13F2N3O/c13-12(14)4-1-2-5-17-11(12)9-7-16(8-18)6-3-10(9)15-17/h1-2,8H,3-7H2. The highest BCUT2D eigenvalue weighted by molar-refractivity contribution is 5.49. The molecule has 1 amide bonds. The van der Waals surface area contributed by atoms with Crippen molar-refractivity contribution in [2.24, 2.45) is 0 Å². The zero-order chi connectivity index (χ0) is 12.8. The summed E-state index contributed by atoms with van der Waals surface area (Å²) in [6.07, 6.45) is 4.15. The Bertz CT molecular complexity index is 522. The van der Waals surface area contributed by atoms with Gasteiger partial charge in [-0.1, -0.05) is 12.2 Å². The van der Waals surface area contributed by atoms with Gasteiger partial charge in [-0.3, -0.25) is 9.48 Å². The van der Waals surface area contributed by atoms with Gasteiger partial charge in [-0.25, -0.2) is 0 Å². The number of alkyl halides is 2. The predicted octanol–water partition coefficient (Wildman–Crippen LogP) is 1.45. The van der Waals surface area contributed by atoms with E-state index < -0.39 is 5.92 Å². The number of aromatic nitrogens is 2. The Labute approximate surface area is 103 Å². The lowest BCUT2D eigenvalue weighted by molar-refractivity contribution is -0.119. The van der Waals surface area contributed by atoms with Gasteiger partial charge in [0.1, 0.15) is 5.69 Å². The molecular formula is C12H13F2N3O. The van der Waals surface area contributed by atoms with Crippen LogP contribution in [0.25, 0.3) is 0 Å². The van der Waals surface area contributed by atoms with Crippen molar-refractivity contribution in [2.45, 2.75) is 31.9 Å². The molecule has 0 saturated carbocycles. The molecule has 0 saturated heterocycles. The van der Waals surface area contributed by atoms with Crippen LogP contribution in [-0.2, 0) is 30.2 Å². The molecule has 0 spiro atoms. The van der Waals surface area contributed by atoms with E-state index in [4.69, 9.17) is 0 Å². The number of rotatable bonds is 1. The second-order valence-electron chi connectivity index (χ2n) is 4.66. The second-order valence-corrected chi connectivity index (χ2v) is 4.66. The van der Waals surface area contributed by atoms with Gasteiger partial charge >= 0.3 is 0 Å². The summed E-state index contributed by atoms with van der Waals surface area (Å²) in [6.45, 7) is 1.16. The summed E-state index contributed by atoms with van der Waals surface area (Å²) in [6, 6.07) is 0. The summed E-state index contributed by atoms with van der Waals surface area (Å²) in [5, 5.41) is 4.26. The van der Waals surface area contributed by atoms with Crippen LogP contribution in [0.5, 0.6) is 0 Å². The molecule has 6 heteroatoms. The Kier molecular flexibility index (Phi) is 2.46. The minimum absolute atomic E-state index is 0.0194. The van der Waals surface area contributed by atoms with Crippen molar-refractivity contribution in [3.63, 3.8) is 0 Å². The van der Waals surface area contributed by atoms with Crippen molar-refractivity contribution in [2.75, 3.05) is 6.54 Å². The van der Waals surface area contributed by atoms with Crippen LogP contribution in [0, 0.1) is 0 Å². The molecule has 0 fully saturated rings. The first-order valence-corrected chi connectivity index (χ1v) is 5.93. The monoisotopic (exact) mass is 253 g/mol. The molecule has 0 aliphatic carbocycles. The minimum Gasteiger partial charge on any atom is -0.340 e. The Hall–Kier alpha value is -1.72. The number of allylic oxidation sites excluding steroid dienone is 2. The zero-order valence-corrected chi connectivity index (χ0v) is 9.77. The molecule has 0 unspecified atom stereocenters. The molecule has 2 aliphatic rings. The van der Waals surface area contributed by atoms with E-state index >= 15 is 0 Å². The highest BCUT2D eigenvalue weighted by Gasteiger charge is 2.40. The quantitative estimate of drug-likeness (QED) is 0.561. The highest BCUT2D eigenvalue weighted by atomic mass is 19.3. The van der Waals surface area contributed by atoms with Crippen molar-refractivity contribution < 1.29 is 13.6 Å². The Morgan fingerprint density at radius 3 is 3.00 bits per heavy atom. The maximum Gasteiger partial charge on any atom is 0.293 e. The molecule has 1 aromatic rings. The van der Waals surface area contributed by atoms with Crippen LogP contribution in [0.1, 0.15) is 23.4 Å². The van der Waals surface area contributed by atoms with E-state index in [-0.39, 0.29) is 18.7 Å². The first-order valence-electron chi connectivity index (χ1n) is 5.93. The van der Waals surface area contributed by atoms with Gasteiger partial charge in [0, 0.05) is 31.5 Å². The molecular weight excluding hydrogens is 240 g/mol. The van der Waals surface area contributed by atoms with Crippen LogP contribution >= 0.6 is 0 Å². The Balaban J connectivity index is 2.11. The summed E-state index contributed by atoms with van der Waals surface area (Å²) in [4.78, 5) is 12.3. The molecule has 3 heterocycles. The Morgan fingerprint density at radius 1 is 1.39 bits per heavy atom. The van der Waals surface area contributed by atoms with E-state index in [2.05, 4.69) is 5.10 Å². The fraction of sp³-hybridized carbons (Fsp3) is 0.500. The third-order valence-electron chi connectivity index (χ3n) is 3.45. The molecule has 0 bridgehead atoms. The average molecular weight is 253 g/mol. The number of hydrogen-bond acceptors (Lipinski definition) is 2. The first kappa shape index (κ1) is 11.4. The summed E-state index contributed by atoms with van der Waals surface area (Å²) in [7, 11) is 0. The van der Waals surface area contributed by atoms with Crippen LogP contribution in [-0.4, -0.2) is 27.6 Å². The normalized spacial score (nSPS) is 21.1. The molecule has 0 aromatic carbocycles. The molecule has 18 heavy (non-hydrogen) atoms. The number of fused-ring (bicyclic) bond motifs is 3. The predicted molar refractivity (Wildman–Crippen MR) is 60.1 cm³/mol. The van der Waals surface area contributed by atoms with E-state index in [0.29, 0.717) is 37.2 Å². The van der Waals surface area contributed by atoms with Crippen LogP contribution in [0.3, 0.4) is 0 Å². The Morgan fingerprint density at radius 2 is 2.22 bits per heavy atom. The smallest absolute Gasteiger partial charge is 0.293 e. The third kappa shape index (κ3) is 1.63. The van der Waals surface area contributed by atoms with Crippen molar-refractivity contribution in [3.8, 4) is 0 Å². The van der Waals surface area contributed by atoms with Gasteiger partial charge in [-0.15, -0.1) is 0 Å². The minimum atomic E-state index is -2.90. The van der Waals surface area contributed by atoms with Crippen LogP contribution in [0.15, 0.2) is 12.2 Å². The maximum atomic E-state index is 14.1. The molecule has 1 aromatic heterocycles. The molecule has 0 atom stereocenters. The molecule has 0 radical (unpaired) electrons. The van der Waals surface area contributed by atoms with E-state index in [1.165, 1.54) is 15.7 Å². The molecule has 96 valence electrons. The zero-order valence-electron chi connectivity index (χ0n) is 9.77. The number of carbonyl (C=O) groups is 1. The summed E-state index contributed by atoms with van der Waals surface area (Å²) in [5.74, 6) is -2.90. The van der Waals surface area contributed by atoms with Crippen LogP contribution < -0.4 is 0 Å². The van der Waals surface area contributed by atoms with Crippen LogP contribution in [0.2, 0.25) is 0 Å². The lowest BCUT2D eigenvalue weighted by atomic mass is 10.0. The van der Waals surface area contributed by atoms with E-state index in [1.54, 1.807) is 6.08 Å². The largest absolute Gasteiger partial charge is 0.340 e.